The number of nitrogens with zero attached hydrogens (tertiary/aromatic N) is 2. The van der Waals surface area contributed by atoms with Gasteiger partial charge in [0.2, 0.25) is 5.13 Å². The van der Waals surface area contributed by atoms with Crippen molar-refractivity contribution in [1.82, 2.24) is 10.2 Å². The fraction of sp³-hybridized carbons (Fsp3) is 0.167. The minimum atomic E-state index is 0.550. The lowest BCUT2D eigenvalue weighted by atomic mass is 10.1. The zero-order valence-electron chi connectivity index (χ0n) is 10.3. The molecule has 0 bridgehead atoms. The van der Waals surface area contributed by atoms with E-state index in [1.807, 2.05) is 18.2 Å². The van der Waals surface area contributed by atoms with Gasteiger partial charge in [0.25, 0.3) is 0 Å². The highest BCUT2D eigenvalue weighted by atomic mass is 32.1. The molecule has 0 aliphatic carbocycles. The molecule has 19 heavy (non-hydrogen) atoms. The standard InChI is InChI=1S/C12H16N6S/c13-4-5-16-12-18-17-11(19-12)9-3-1-2-8(6-14)10(9)7-15/h1-3,6-7H,4-5,13-15H2,(H,16,18)/b8-6-,10-7?. The first-order valence-electron chi connectivity index (χ1n) is 5.81. The van der Waals surface area contributed by atoms with E-state index in [9.17, 15) is 0 Å². The minimum Gasteiger partial charge on any atom is -0.404 e. The van der Waals surface area contributed by atoms with Crippen molar-refractivity contribution in [1.29, 1.82) is 0 Å². The Hall–Kier alpha value is -2.12. The van der Waals surface area contributed by atoms with Crippen molar-refractivity contribution >= 4 is 28.9 Å². The molecule has 0 spiro atoms. The van der Waals surface area contributed by atoms with Crippen LogP contribution in [0.3, 0.4) is 0 Å². The van der Waals surface area contributed by atoms with Crippen molar-refractivity contribution < 1.29 is 0 Å². The van der Waals surface area contributed by atoms with Gasteiger partial charge in [-0.15, -0.1) is 10.2 Å². The van der Waals surface area contributed by atoms with Gasteiger partial charge >= 0.3 is 0 Å². The second kappa shape index (κ2) is 6.17. The quantitative estimate of drug-likeness (QED) is 0.567. The van der Waals surface area contributed by atoms with Crippen molar-refractivity contribution in [2.45, 2.75) is 0 Å². The minimum absolute atomic E-state index is 0.550. The van der Waals surface area contributed by atoms with Crippen LogP contribution in [0.1, 0.15) is 0 Å². The number of aromatic nitrogens is 2. The third-order valence-electron chi connectivity index (χ3n) is 2.56. The van der Waals surface area contributed by atoms with Crippen LogP contribution < -0.4 is 33.0 Å². The van der Waals surface area contributed by atoms with Crippen LogP contribution in [0.15, 0.2) is 18.2 Å². The van der Waals surface area contributed by atoms with Crippen molar-refractivity contribution in [3.63, 3.8) is 0 Å². The highest BCUT2D eigenvalue weighted by Crippen LogP contribution is 2.23. The smallest absolute Gasteiger partial charge is 0.206 e. The third kappa shape index (κ3) is 2.83. The Labute approximate surface area is 114 Å². The van der Waals surface area contributed by atoms with Gasteiger partial charge in [-0.2, -0.15) is 0 Å². The van der Waals surface area contributed by atoms with E-state index >= 15 is 0 Å². The van der Waals surface area contributed by atoms with Crippen LogP contribution in [0.2, 0.25) is 0 Å². The van der Waals surface area contributed by atoms with E-state index in [1.165, 1.54) is 23.7 Å². The number of benzene rings is 1. The maximum absolute atomic E-state index is 5.68. The van der Waals surface area contributed by atoms with Gasteiger partial charge in [-0.05, 0) is 5.22 Å². The SMILES string of the molecule is NC=c1c(-c2nnc(NCCN)s2)ccc/c1=C/N. The molecule has 7 N–H and O–H groups in total. The van der Waals surface area contributed by atoms with Crippen LogP contribution in [-0.2, 0) is 0 Å². The molecule has 1 aromatic carbocycles. The summed E-state index contributed by atoms with van der Waals surface area (Å²) >= 11 is 1.46. The zero-order valence-corrected chi connectivity index (χ0v) is 11.2. The van der Waals surface area contributed by atoms with E-state index in [1.54, 1.807) is 0 Å². The molecule has 6 nitrogen and oxygen atoms in total. The summed E-state index contributed by atoms with van der Waals surface area (Å²) in [5.74, 6) is 0. The molecule has 0 saturated heterocycles. The van der Waals surface area contributed by atoms with Crippen molar-refractivity contribution in [2.24, 2.45) is 17.2 Å². The van der Waals surface area contributed by atoms with E-state index < -0.39 is 0 Å². The summed E-state index contributed by atoms with van der Waals surface area (Å²) in [5.41, 5.74) is 17.6. The second-order valence-electron chi connectivity index (χ2n) is 3.77. The summed E-state index contributed by atoms with van der Waals surface area (Å²) in [7, 11) is 0. The predicted molar refractivity (Wildman–Crippen MR) is 79.4 cm³/mol. The fourth-order valence-corrected chi connectivity index (χ4v) is 2.49. The third-order valence-corrected chi connectivity index (χ3v) is 3.48. The Morgan fingerprint density at radius 3 is 2.74 bits per heavy atom. The Morgan fingerprint density at radius 1 is 1.21 bits per heavy atom. The lowest BCUT2D eigenvalue weighted by Crippen LogP contribution is -2.29. The first kappa shape index (κ1) is 13.3. The topological polar surface area (TPSA) is 116 Å². The van der Waals surface area contributed by atoms with E-state index in [-0.39, 0.29) is 0 Å². The molecule has 0 aliphatic heterocycles. The van der Waals surface area contributed by atoms with E-state index in [0.29, 0.717) is 13.1 Å². The molecule has 2 aromatic rings. The van der Waals surface area contributed by atoms with Gasteiger partial charge in [0.1, 0.15) is 5.01 Å². The van der Waals surface area contributed by atoms with E-state index in [0.717, 1.165) is 26.1 Å². The number of rotatable bonds is 4. The summed E-state index contributed by atoms with van der Waals surface area (Å²) in [4.78, 5) is 0. The van der Waals surface area contributed by atoms with Gasteiger partial charge in [0.15, 0.2) is 0 Å². The molecule has 100 valence electrons. The van der Waals surface area contributed by atoms with Crippen molar-refractivity contribution in [2.75, 3.05) is 18.4 Å². The molecule has 0 amide bonds. The van der Waals surface area contributed by atoms with Crippen molar-refractivity contribution in [3.8, 4) is 10.6 Å². The summed E-state index contributed by atoms with van der Waals surface area (Å²) in [5, 5.41) is 14.6. The Bertz CT molecular complexity index is 663. The summed E-state index contributed by atoms with van der Waals surface area (Å²) in [6.07, 6.45) is 3.05. The maximum Gasteiger partial charge on any atom is 0.206 e. The number of nitrogens with one attached hydrogen (secondary N) is 1. The molecular weight excluding hydrogens is 260 g/mol. The molecule has 0 radical (unpaired) electrons. The van der Waals surface area contributed by atoms with Gasteiger partial charge in [0.05, 0.1) is 0 Å². The number of hydrogen-bond donors (Lipinski definition) is 4. The summed E-state index contributed by atoms with van der Waals surface area (Å²) in [6.45, 7) is 1.22. The molecule has 0 fully saturated rings. The molecule has 0 aliphatic rings. The highest BCUT2D eigenvalue weighted by Gasteiger charge is 2.07. The lowest BCUT2D eigenvalue weighted by molar-refractivity contribution is 1.000. The highest BCUT2D eigenvalue weighted by molar-refractivity contribution is 7.18. The Balaban J connectivity index is 2.45. The number of anilines is 1. The summed E-state index contributed by atoms with van der Waals surface area (Å²) < 4.78 is 0. The van der Waals surface area contributed by atoms with Gasteiger partial charge in [-0.25, -0.2) is 0 Å². The molecule has 0 unspecified atom stereocenters. The zero-order chi connectivity index (χ0) is 13.7. The predicted octanol–water partition coefficient (Wildman–Crippen LogP) is -1.03. The normalized spacial score (nSPS) is 12.9. The van der Waals surface area contributed by atoms with Crippen LogP contribution in [-0.4, -0.2) is 23.3 Å². The molecule has 0 atom stereocenters. The fourth-order valence-electron chi connectivity index (χ4n) is 1.68. The first-order chi connectivity index (χ1) is 9.30. The van der Waals surface area contributed by atoms with Gasteiger partial charge in [0, 0.05) is 36.3 Å². The molecule has 1 aromatic heterocycles. The molecule has 0 saturated carbocycles. The Kier molecular flexibility index (Phi) is 4.32. The van der Waals surface area contributed by atoms with Crippen LogP contribution in [0.5, 0.6) is 0 Å². The van der Waals surface area contributed by atoms with Gasteiger partial charge in [-0.1, -0.05) is 29.5 Å². The van der Waals surface area contributed by atoms with Gasteiger partial charge < -0.3 is 22.5 Å². The Morgan fingerprint density at radius 2 is 2.05 bits per heavy atom. The van der Waals surface area contributed by atoms with E-state index in [2.05, 4.69) is 15.5 Å². The summed E-state index contributed by atoms with van der Waals surface area (Å²) in [6, 6.07) is 5.76. The molecule has 1 heterocycles. The largest absolute Gasteiger partial charge is 0.404 e. The van der Waals surface area contributed by atoms with Crippen LogP contribution in [0.4, 0.5) is 5.13 Å². The molecular formula is C12H16N6S. The maximum atomic E-state index is 5.68. The lowest BCUT2D eigenvalue weighted by Gasteiger charge is -1.98. The average molecular weight is 276 g/mol. The monoisotopic (exact) mass is 276 g/mol. The van der Waals surface area contributed by atoms with Gasteiger partial charge in [-0.3, -0.25) is 0 Å². The van der Waals surface area contributed by atoms with Crippen LogP contribution >= 0.6 is 11.3 Å². The second-order valence-corrected chi connectivity index (χ2v) is 4.75. The number of hydrogen-bond acceptors (Lipinski definition) is 7. The van der Waals surface area contributed by atoms with Crippen LogP contribution in [0.25, 0.3) is 23.0 Å². The number of nitrogens with two attached hydrogens (primary N) is 3. The molecule has 2 rings (SSSR count). The van der Waals surface area contributed by atoms with E-state index in [4.69, 9.17) is 17.2 Å². The first-order valence-corrected chi connectivity index (χ1v) is 6.62. The van der Waals surface area contributed by atoms with Crippen LogP contribution in [0, 0.1) is 0 Å². The molecule has 7 heteroatoms. The van der Waals surface area contributed by atoms with Crippen molar-refractivity contribution in [3.05, 3.63) is 28.6 Å². The average Bonchev–Trinajstić information content (AvgIpc) is 2.92.